The number of hydrogen-bond acceptors (Lipinski definition) is 6. The molecule has 3 aliphatic rings. The fourth-order valence-corrected chi connectivity index (χ4v) is 5.62. The Hall–Kier alpha value is -1.19. The highest BCUT2D eigenvalue weighted by atomic mass is 32.2. The highest BCUT2D eigenvalue weighted by molar-refractivity contribution is 7.91. The van der Waals surface area contributed by atoms with Crippen LogP contribution in [0.4, 0.5) is 4.79 Å². The fourth-order valence-electron chi connectivity index (χ4n) is 3.86. The van der Waals surface area contributed by atoms with Gasteiger partial charge in [-0.1, -0.05) is 6.92 Å². The molecule has 3 aliphatic heterocycles. The van der Waals surface area contributed by atoms with E-state index in [1.165, 1.54) is 4.90 Å². The van der Waals surface area contributed by atoms with Crippen molar-refractivity contribution in [3.05, 3.63) is 0 Å². The lowest BCUT2D eigenvalue weighted by Crippen LogP contribution is -2.54. The molecular weight excluding hydrogens is 332 g/mol. The second-order valence-electron chi connectivity index (χ2n) is 7.15. The molecule has 0 aromatic rings. The van der Waals surface area contributed by atoms with Crippen molar-refractivity contribution in [2.45, 2.75) is 37.8 Å². The molecule has 8 nitrogen and oxygen atoms in total. The van der Waals surface area contributed by atoms with E-state index in [2.05, 4.69) is 10.2 Å². The number of hydrogen-bond donors (Lipinski definition) is 1. The van der Waals surface area contributed by atoms with Gasteiger partial charge in [0.1, 0.15) is 5.54 Å². The molecule has 0 bridgehead atoms. The third-order valence-corrected chi connectivity index (χ3v) is 7.29. The summed E-state index contributed by atoms with van der Waals surface area (Å²) in [6.45, 7) is 4.25. The molecule has 1 N–H and O–H groups in total. The second-order valence-corrected chi connectivity index (χ2v) is 9.38. The van der Waals surface area contributed by atoms with Crippen LogP contribution in [0.3, 0.4) is 0 Å². The summed E-state index contributed by atoms with van der Waals surface area (Å²) in [4.78, 5) is 30.6. The molecule has 0 unspecified atom stereocenters. The largest absolute Gasteiger partial charge is 0.326 e. The SMILES string of the molecule is CCN(CN1C(=O)NC2(CCN(C)CC2)C1=O)[C@@H]1CCS(=O)(=O)C1. The van der Waals surface area contributed by atoms with E-state index in [1.807, 2.05) is 18.9 Å². The number of urea groups is 1. The molecule has 3 heterocycles. The summed E-state index contributed by atoms with van der Waals surface area (Å²) < 4.78 is 23.4. The normalized spacial score (nSPS) is 29.6. The zero-order chi connectivity index (χ0) is 17.5. The van der Waals surface area contributed by atoms with E-state index in [1.54, 1.807) is 0 Å². The summed E-state index contributed by atoms with van der Waals surface area (Å²) in [7, 11) is -0.990. The second kappa shape index (κ2) is 6.27. The molecule has 0 aromatic heterocycles. The van der Waals surface area contributed by atoms with Crippen molar-refractivity contribution < 1.29 is 18.0 Å². The third kappa shape index (κ3) is 3.16. The van der Waals surface area contributed by atoms with E-state index < -0.39 is 15.4 Å². The van der Waals surface area contributed by atoms with Gasteiger partial charge in [-0.05, 0) is 32.9 Å². The van der Waals surface area contributed by atoms with Crippen molar-refractivity contribution in [3.63, 3.8) is 0 Å². The number of carbonyl (C=O) groups is 2. The molecule has 0 aliphatic carbocycles. The summed E-state index contributed by atoms with van der Waals surface area (Å²) in [6, 6.07) is -0.474. The predicted molar refractivity (Wildman–Crippen MR) is 89.1 cm³/mol. The van der Waals surface area contributed by atoms with E-state index in [0.29, 0.717) is 25.8 Å². The first-order chi connectivity index (χ1) is 11.3. The van der Waals surface area contributed by atoms with Crippen LogP contribution < -0.4 is 5.32 Å². The monoisotopic (exact) mass is 358 g/mol. The van der Waals surface area contributed by atoms with Gasteiger partial charge in [0.15, 0.2) is 9.84 Å². The molecule has 136 valence electrons. The molecule has 0 aromatic carbocycles. The summed E-state index contributed by atoms with van der Waals surface area (Å²) in [5.41, 5.74) is -0.773. The van der Waals surface area contributed by atoms with Gasteiger partial charge in [0.05, 0.1) is 18.2 Å². The van der Waals surface area contributed by atoms with E-state index in [0.717, 1.165) is 13.1 Å². The molecule has 3 amide bonds. The number of rotatable bonds is 4. The Morgan fingerprint density at radius 2 is 1.96 bits per heavy atom. The highest BCUT2D eigenvalue weighted by Crippen LogP contribution is 2.29. The Morgan fingerprint density at radius 3 is 2.50 bits per heavy atom. The summed E-state index contributed by atoms with van der Waals surface area (Å²) in [6.07, 6.45) is 1.80. The van der Waals surface area contributed by atoms with Gasteiger partial charge in [0.2, 0.25) is 0 Å². The topological polar surface area (TPSA) is 90.0 Å². The fraction of sp³-hybridized carbons (Fsp3) is 0.867. The van der Waals surface area contributed by atoms with Gasteiger partial charge < -0.3 is 10.2 Å². The van der Waals surface area contributed by atoms with Crippen LogP contribution in [-0.4, -0.2) is 91.5 Å². The van der Waals surface area contributed by atoms with Crippen molar-refractivity contribution in [2.24, 2.45) is 0 Å². The van der Waals surface area contributed by atoms with Crippen LogP contribution in [0.15, 0.2) is 0 Å². The highest BCUT2D eigenvalue weighted by Gasteiger charge is 2.52. The number of sulfone groups is 1. The Balaban J connectivity index is 1.70. The van der Waals surface area contributed by atoms with Gasteiger partial charge >= 0.3 is 6.03 Å². The van der Waals surface area contributed by atoms with Crippen molar-refractivity contribution in [2.75, 3.05) is 44.9 Å². The first-order valence-electron chi connectivity index (χ1n) is 8.53. The van der Waals surface area contributed by atoms with Crippen LogP contribution in [-0.2, 0) is 14.6 Å². The van der Waals surface area contributed by atoms with E-state index in [-0.39, 0.29) is 36.2 Å². The quantitative estimate of drug-likeness (QED) is 0.680. The molecule has 3 rings (SSSR count). The Labute approximate surface area is 143 Å². The van der Waals surface area contributed by atoms with Crippen molar-refractivity contribution >= 4 is 21.8 Å². The Morgan fingerprint density at radius 1 is 1.29 bits per heavy atom. The lowest BCUT2D eigenvalue weighted by atomic mass is 9.88. The van der Waals surface area contributed by atoms with Crippen molar-refractivity contribution in [3.8, 4) is 0 Å². The number of piperidine rings is 1. The van der Waals surface area contributed by atoms with Crippen LogP contribution in [0.1, 0.15) is 26.2 Å². The van der Waals surface area contributed by atoms with Crippen molar-refractivity contribution in [1.82, 2.24) is 20.0 Å². The van der Waals surface area contributed by atoms with Crippen LogP contribution in [0.2, 0.25) is 0 Å². The van der Waals surface area contributed by atoms with Gasteiger partial charge in [-0.15, -0.1) is 0 Å². The van der Waals surface area contributed by atoms with E-state index in [9.17, 15) is 18.0 Å². The molecule has 0 saturated carbocycles. The maximum atomic E-state index is 12.9. The number of nitrogens with zero attached hydrogens (tertiary/aromatic N) is 3. The van der Waals surface area contributed by atoms with Gasteiger partial charge in [0.25, 0.3) is 5.91 Å². The number of imide groups is 1. The Bertz CT molecular complexity index is 627. The van der Waals surface area contributed by atoms with E-state index >= 15 is 0 Å². The number of likely N-dealkylation sites (tertiary alicyclic amines) is 1. The standard InChI is InChI=1S/C15H26N4O4S/c1-3-18(12-4-9-24(22,23)10-12)11-19-13(20)15(16-14(19)21)5-7-17(2)8-6-15/h12H,3-11H2,1-2H3,(H,16,21)/t12-/m1/s1. The Kier molecular flexibility index (Phi) is 4.61. The zero-order valence-electron chi connectivity index (χ0n) is 14.3. The molecule has 3 fully saturated rings. The zero-order valence-corrected chi connectivity index (χ0v) is 15.1. The molecule has 1 spiro atoms. The summed E-state index contributed by atoms with van der Waals surface area (Å²) in [5.74, 6) is 0.130. The molecule has 0 radical (unpaired) electrons. The number of carbonyl (C=O) groups excluding carboxylic acids is 2. The van der Waals surface area contributed by atoms with Crippen LogP contribution in [0.25, 0.3) is 0 Å². The minimum absolute atomic E-state index is 0.112. The first-order valence-corrected chi connectivity index (χ1v) is 10.4. The summed E-state index contributed by atoms with van der Waals surface area (Å²) in [5, 5.41) is 2.89. The minimum Gasteiger partial charge on any atom is -0.323 e. The lowest BCUT2D eigenvalue weighted by Gasteiger charge is -2.36. The van der Waals surface area contributed by atoms with E-state index in [4.69, 9.17) is 0 Å². The van der Waals surface area contributed by atoms with Gasteiger partial charge in [-0.3, -0.25) is 9.69 Å². The number of amides is 3. The van der Waals surface area contributed by atoms with Crippen LogP contribution in [0, 0.1) is 0 Å². The molecule has 24 heavy (non-hydrogen) atoms. The average molecular weight is 358 g/mol. The van der Waals surface area contributed by atoms with Gasteiger partial charge in [-0.25, -0.2) is 18.1 Å². The molecule has 1 atom stereocenters. The van der Waals surface area contributed by atoms with Crippen LogP contribution in [0.5, 0.6) is 0 Å². The molecule has 3 saturated heterocycles. The first kappa shape index (κ1) is 17.6. The maximum Gasteiger partial charge on any atom is 0.326 e. The number of nitrogens with one attached hydrogen (secondary N) is 1. The molecule has 9 heteroatoms. The predicted octanol–water partition coefficient (Wildman–Crippen LogP) is -0.531. The van der Waals surface area contributed by atoms with Gasteiger partial charge in [-0.2, -0.15) is 0 Å². The smallest absolute Gasteiger partial charge is 0.323 e. The van der Waals surface area contributed by atoms with Gasteiger partial charge in [0, 0.05) is 19.1 Å². The lowest BCUT2D eigenvalue weighted by molar-refractivity contribution is -0.134. The maximum absolute atomic E-state index is 12.9. The third-order valence-electron chi connectivity index (χ3n) is 5.54. The van der Waals surface area contributed by atoms with Crippen molar-refractivity contribution in [1.29, 1.82) is 0 Å². The summed E-state index contributed by atoms with van der Waals surface area (Å²) >= 11 is 0. The molecular formula is C15H26N4O4S. The average Bonchev–Trinajstić information content (AvgIpc) is 2.99. The minimum atomic E-state index is -3.00. The van der Waals surface area contributed by atoms with Crippen LogP contribution >= 0.6 is 0 Å².